The van der Waals surface area contributed by atoms with Gasteiger partial charge < -0.3 is 25.2 Å². The van der Waals surface area contributed by atoms with E-state index in [9.17, 15) is 14.0 Å². The van der Waals surface area contributed by atoms with Crippen molar-refractivity contribution in [1.82, 2.24) is 20.2 Å². The van der Waals surface area contributed by atoms with Crippen LogP contribution in [0.2, 0.25) is 0 Å². The molecule has 0 aliphatic carbocycles. The Morgan fingerprint density at radius 1 is 1.08 bits per heavy atom. The highest BCUT2D eigenvalue weighted by molar-refractivity contribution is 5.94. The van der Waals surface area contributed by atoms with E-state index in [2.05, 4.69) is 22.5 Å². The van der Waals surface area contributed by atoms with Gasteiger partial charge in [0.15, 0.2) is 5.82 Å². The van der Waals surface area contributed by atoms with Gasteiger partial charge in [-0.1, -0.05) is 0 Å². The van der Waals surface area contributed by atoms with Gasteiger partial charge in [0, 0.05) is 42.0 Å². The van der Waals surface area contributed by atoms with Gasteiger partial charge in [-0.05, 0) is 68.8 Å². The first-order valence-corrected chi connectivity index (χ1v) is 12.9. The second kappa shape index (κ2) is 11.1. The predicted octanol–water partition coefficient (Wildman–Crippen LogP) is 3.85. The SMILES string of the molecule is CCNC(=O)Nc1ccc(-c2nc3c(c(N4CCOC[C@@H]4C)n2)CCN(C(=O)c2ccc(F)cc2)C3)cc1. The number of hydrogen-bond donors (Lipinski definition) is 2. The van der Waals surface area contributed by atoms with E-state index in [1.807, 2.05) is 31.2 Å². The van der Waals surface area contributed by atoms with Crippen molar-refractivity contribution in [2.45, 2.75) is 32.9 Å². The third-order valence-electron chi connectivity index (χ3n) is 6.80. The van der Waals surface area contributed by atoms with Gasteiger partial charge in [0.25, 0.3) is 5.91 Å². The van der Waals surface area contributed by atoms with E-state index in [0.29, 0.717) is 56.3 Å². The first-order valence-electron chi connectivity index (χ1n) is 12.9. The molecule has 0 bridgehead atoms. The van der Waals surface area contributed by atoms with Crippen LogP contribution < -0.4 is 15.5 Å². The number of rotatable bonds is 5. The van der Waals surface area contributed by atoms with E-state index < -0.39 is 0 Å². The minimum absolute atomic E-state index is 0.151. The molecule has 3 amide bonds. The predicted molar refractivity (Wildman–Crippen MR) is 143 cm³/mol. The number of urea groups is 1. The first-order chi connectivity index (χ1) is 18.4. The Kier molecular flexibility index (Phi) is 7.50. The third-order valence-corrected chi connectivity index (χ3v) is 6.80. The summed E-state index contributed by atoms with van der Waals surface area (Å²) in [6.07, 6.45) is 0.622. The summed E-state index contributed by atoms with van der Waals surface area (Å²) in [6, 6.07) is 12.9. The van der Waals surface area contributed by atoms with Crippen LogP contribution in [0.5, 0.6) is 0 Å². The summed E-state index contributed by atoms with van der Waals surface area (Å²) in [6.45, 7) is 7.33. The maximum atomic E-state index is 13.4. The molecule has 1 fully saturated rings. The fraction of sp³-hybridized carbons (Fsp3) is 0.357. The Labute approximate surface area is 221 Å². The molecular weight excluding hydrogens is 487 g/mol. The molecule has 0 radical (unpaired) electrons. The smallest absolute Gasteiger partial charge is 0.319 e. The van der Waals surface area contributed by atoms with Crippen molar-refractivity contribution in [2.75, 3.05) is 43.1 Å². The molecule has 3 heterocycles. The Morgan fingerprint density at radius 2 is 1.84 bits per heavy atom. The number of aromatic nitrogens is 2. The fourth-order valence-corrected chi connectivity index (χ4v) is 4.81. The van der Waals surface area contributed by atoms with Crippen LogP contribution in [0.3, 0.4) is 0 Å². The summed E-state index contributed by atoms with van der Waals surface area (Å²) in [7, 11) is 0. The van der Waals surface area contributed by atoms with Gasteiger partial charge in [-0.25, -0.2) is 19.2 Å². The summed E-state index contributed by atoms with van der Waals surface area (Å²) in [5.74, 6) is 0.898. The average Bonchev–Trinajstić information content (AvgIpc) is 2.93. The minimum Gasteiger partial charge on any atom is -0.377 e. The van der Waals surface area contributed by atoms with Gasteiger partial charge in [-0.2, -0.15) is 0 Å². The van der Waals surface area contributed by atoms with E-state index in [0.717, 1.165) is 29.2 Å². The van der Waals surface area contributed by atoms with Crippen molar-refractivity contribution >= 4 is 23.4 Å². The van der Waals surface area contributed by atoms with Crippen LogP contribution in [-0.4, -0.2) is 65.7 Å². The molecule has 0 saturated carbocycles. The number of nitrogens with one attached hydrogen (secondary N) is 2. The standard InChI is InChI=1S/C28H31FN6O3/c1-3-30-28(37)31-22-10-6-19(7-11-22)25-32-24-16-34(27(36)20-4-8-21(29)9-5-20)13-12-23(24)26(33-25)35-14-15-38-17-18(35)2/h4-11,18H,3,12-17H2,1-2H3,(H2,30,31,37)/t18-/m0/s1. The number of halogens is 1. The molecule has 2 N–H and O–H groups in total. The molecule has 1 aromatic heterocycles. The van der Waals surface area contributed by atoms with Gasteiger partial charge in [0.05, 0.1) is 31.5 Å². The number of anilines is 2. The van der Waals surface area contributed by atoms with Crippen LogP contribution in [0.4, 0.5) is 20.7 Å². The van der Waals surface area contributed by atoms with Crippen LogP contribution in [-0.2, 0) is 17.7 Å². The zero-order valence-electron chi connectivity index (χ0n) is 21.5. The normalized spacial score (nSPS) is 17.1. The molecule has 0 spiro atoms. The highest BCUT2D eigenvalue weighted by atomic mass is 19.1. The number of fused-ring (bicyclic) bond motifs is 1. The van der Waals surface area contributed by atoms with Gasteiger partial charge in [0.1, 0.15) is 11.6 Å². The Bertz CT molecular complexity index is 1320. The summed E-state index contributed by atoms with van der Waals surface area (Å²) >= 11 is 0. The highest BCUT2D eigenvalue weighted by Crippen LogP contribution is 2.32. The van der Waals surface area contributed by atoms with Gasteiger partial charge in [-0.3, -0.25) is 4.79 Å². The molecule has 1 atom stereocenters. The lowest BCUT2D eigenvalue weighted by Gasteiger charge is -2.38. The first kappa shape index (κ1) is 25.6. The van der Waals surface area contributed by atoms with Gasteiger partial charge in [-0.15, -0.1) is 0 Å². The van der Waals surface area contributed by atoms with Crippen LogP contribution in [0.1, 0.15) is 35.5 Å². The molecule has 5 rings (SSSR count). The third kappa shape index (κ3) is 5.45. The number of nitrogens with zero attached hydrogens (tertiary/aromatic N) is 4. The van der Waals surface area contributed by atoms with Crippen molar-refractivity contribution in [1.29, 1.82) is 0 Å². The second-order valence-electron chi connectivity index (χ2n) is 9.46. The maximum absolute atomic E-state index is 13.4. The van der Waals surface area contributed by atoms with E-state index in [-0.39, 0.29) is 23.8 Å². The summed E-state index contributed by atoms with van der Waals surface area (Å²) in [5.41, 5.74) is 3.76. The molecule has 2 aliphatic rings. The molecule has 38 heavy (non-hydrogen) atoms. The number of carbonyl (C=O) groups excluding carboxylic acids is 2. The maximum Gasteiger partial charge on any atom is 0.319 e. The summed E-state index contributed by atoms with van der Waals surface area (Å²) < 4.78 is 19.0. The molecule has 2 aliphatic heterocycles. The number of ether oxygens (including phenoxy) is 1. The van der Waals surface area contributed by atoms with Crippen molar-refractivity contribution in [2.24, 2.45) is 0 Å². The number of morpholine rings is 1. The van der Waals surface area contributed by atoms with Crippen molar-refractivity contribution in [3.8, 4) is 11.4 Å². The lowest BCUT2D eigenvalue weighted by Crippen LogP contribution is -2.45. The monoisotopic (exact) mass is 518 g/mol. The van der Waals surface area contributed by atoms with E-state index in [4.69, 9.17) is 14.7 Å². The topological polar surface area (TPSA) is 99.7 Å². The van der Waals surface area contributed by atoms with E-state index >= 15 is 0 Å². The molecule has 3 aromatic rings. The molecule has 10 heteroatoms. The lowest BCUT2D eigenvalue weighted by molar-refractivity contribution is 0.0731. The zero-order chi connectivity index (χ0) is 26.6. The highest BCUT2D eigenvalue weighted by Gasteiger charge is 2.30. The quantitative estimate of drug-likeness (QED) is 0.532. The van der Waals surface area contributed by atoms with Crippen LogP contribution in [0.15, 0.2) is 48.5 Å². The molecule has 0 unspecified atom stereocenters. The molecule has 2 aromatic carbocycles. The molecular formula is C28H31FN6O3. The lowest BCUT2D eigenvalue weighted by atomic mass is 10.0. The van der Waals surface area contributed by atoms with Crippen molar-refractivity contribution in [3.63, 3.8) is 0 Å². The largest absolute Gasteiger partial charge is 0.377 e. The number of hydrogen-bond acceptors (Lipinski definition) is 6. The van der Waals surface area contributed by atoms with Crippen LogP contribution in [0.25, 0.3) is 11.4 Å². The Morgan fingerprint density at radius 3 is 2.55 bits per heavy atom. The summed E-state index contributed by atoms with van der Waals surface area (Å²) in [5, 5.41) is 5.51. The van der Waals surface area contributed by atoms with E-state index in [1.54, 1.807) is 4.90 Å². The minimum atomic E-state index is -0.376. The summed E-state index contributed by atoms with van der Waals surface area (Å²) in [4.78, 5) is 39.0. The zero-order valence-corrected chi connectivity index (χ0v) is 21.5. The van der Waals surface area contributed by atoms with Crippen molar-refractivity contribution in [3.05, 3.63) is 71.2 Å². The van der Waals surface area contributed by atoms with Crippen molar-refractivity contribution < 1.29 is 18.7 Å². The second-order valence-corrected chi connectivity index (χ2v) is 9.46. The Balaban J connectivity index is 1.47. The molecule has 198 valence electrons. The molecule has 1 saturated heterocycles. The Hall–Kier alpha value is -4.05. The van der Waals surface area contributed by atoms with Crippen LogP contribution in [0, 0.1) is 5.82 Å². The van der Waals surface area contributed by atoms with E-state index in [1.165, 1.54) is 24.3 Å². The van der Waals surface area contributed by atoms with Gasteiger partial charge in [0.2, 0.25) is 0 Å². The number of amides is 3. The molecule has 9 nitrogen and oxygen atoms in total. The number of benzene rings is 2. The average molecular weight is 519 g/mol. The van der Waals surface area contributed by atoms with Crippen LogP contribution >= 0.6 is 0 Å². The number of carbonyl (C=O) groups is 2. The van der Waals surface area contributed by atoms with Gasteiger partial charge >= 0.3 is 6.03 Å². The fourth-order valence-electron chi connectivity index (χ4n) is 4.81.